The fourth-order valence-electron chi connectivity index (χ4n) is 4.24. The van der Waals surface area contributed by atoms with Crippen molar-refractivity contribution in [1.29, 1.82) is 0 Å². The monoisotopic (exact) mass is 366 g/mol. The van der Waals surface area contributed by atoms with Crippen LogP contribution in [0.1, 0.15) is 53.9 Å². The molecule has 2 aliphatic rings. The molecular weight excluding hydrogens is 324 g/mol. The number of likely N-dealkylation sites (N-methyl/N-ethyl adjacent to an activating group) is 1. The first kappa shape index (κ1) is 21.6. The lowest BCUT2D eigenvalue weighted by Gasteiger charge is -2.41. The highest BCUT2D eigenvalue weighted by molar-refractivity contribution is 5.81. The molecule has 0 N–H and O–H groups in total. The molecule has 2 rings (SSSR count). The second-order valence-corrected chi connectivity index (χ2v) is 8.79. The van der Waals surface area contributed by atoms with Crippen LogP contribution in [0.5, 0.6) is 0 Å². The number of likely N-dealkylation sites (tertiary alicyclic amines) is 1. The van der Waals surface area contributed by atoms with Crippen molar-refractivity contribution in [3.05, 3.63) is 0 Å². The highest BCUT2D eigenvalue weighted by Crippen LogP contribution is 2.22. The topological polar surface area (TPSA) is 30.0 Å². The standard InChI is InChI=1S/C21H42N4O/c1-7-18(4)24-10-8-20(9-11-24)16-23-12-14-25(15-13-23)19(5)21(26)22(6)17(2)3/h17-20H,7-16H2,1-6H3/t18?,19-/m0/s1. The van der Waals surface area contributed by atoms with Crippen molar-refractivity contribution in [2.45, 2.75) is 72.0 Å². The van der Waals surface area contributed by atoms with Gasteiger partial charge in [0.2, 0.25) is 5.91 Å². The Morgan fingerprint density at radius 3 is 2.04 bits per heavy atom. The Morgan fingerprint density at radius 1 is 0.962 bits per heavy atom. The van der Waals surface area contributed by atoms with E-state index in [1.165, 1.54) is 38.9 Å². The van der Waals surface area contributed by atoms with E-state index in [0.717, 1.165) is 38.1 Å². The summed E-state index contributed by atoms with van der Waals surface area (Å²) in [5.41, 5.74) is 0. The normalized spacial score (nSPS) is 24.0. The van der Waals surface area contributed by atoms with E-state index in [2.05, 4.69) is 49.3 Å². The largest absolute Gasteiger partial charge is 0.342 e. The quantitative estimate of drug-likeness (QED) is 0.692. The van der Waals surface area contributed by atoms with Crippen molar-refractivity contribution < 1.29 is 4.79 Å². The van der Waals surface area contributed by atoms with Gasteiger partial charge in [0.15, 0.2) is 0 Å². The Kier molecular flexibility index (Phi) is 8.37. The zero-order chi connectivity index (χ0) is 19.3. The van der Waals surface area contributed by atoms with Gasteiger partial charge in [-0.2, -0.15) is 0 Å². The van der Waals surface area contributed by atoms with Crippen molar-refractivity contribution in [2.24, 2.45) is 5.92 Å². The van der Waals surface area contributed by atoms with Crippen molar-refractivity contribution >= 4 is 5.91 Å². The van der Waals surface area contributed by atoms with Gasteiger partial charge in [0.25, 0.3) is 0 Å². The van der Waals surface area contributed by atoms with Gasteiger partial charge in [-0.3, -0.25) is 9.69 Å². The Balaban J connectivity index is 1.71. The van der Waals surface area contributed by atoms with Crippen molar-refractivity contribution in [2.75, 3.05) is 52.9 Å². The van der Waals surface area contributed by atoms with Crippen LogP contribution in [0.2, 0.25) is 0 Å². The Labute approximate surface area is 161 Å². The lowest BCUT2D eigenvalue weighted by atomic mass is 9.94. The van der Waals surface area contributed by atoms with Crippen molar-refractivity contribution in [3.63, 3.8) is 0 Å². The molecule has 2 fully saturated rings. The molecule has 0 spiro atoms. The molecule has 26 heavy (non-hydrogen) atoms. The van der Waals surface area contributed by atoms with E-state index >= 15 is 0 Å². The number of rotatable bonds is 7. The molecule has 152 valence electrons. The van der Waals surface area contributed by atoms with Crippen LogP contribution in [-0.2, 0) is 4.79 Å². The van der Waals surface area contributed by atoms with E-state index in [1.807, 2.05) is 11.9 Å². The first-order valence-corrected chi connectivity index (χ1v) is 10.8. The number of nitrogens with zero attached hydrogens (tertiary/aromatic N) is 4. The zero-order valence-electron chi connectivity index (χ0n) is 18.1. The molecule has 2 saturated heterocycles. The van der Waals surface area contributed by atoms with Crippen molar-refractivity contribution in [1.82, 2.24) is 19.6 Å². The van der Waals surface area contributed by atoms with E-state index in [4.69, 9.17) is 0 Å². The molecule has 0 aromatic heterocycles. The number of carbonyl (C=O) groups excluding carboxylic acids is 1. The summed E-state index contributed by atoms with van der Waals surface area (Å²) in [6.07, 6.45) is 3.95. The minimum absolute atomic E-state index is 0.00307. The lowest BCUT2D eigenvalue weighted by Crippen LogP contribution is -2.55. The molecular formula is C21H42N4O. The minimum atomic E-state index is 0.00307. The summed E-state index contributed by atoms with van der Waals surface area (Å²) in [6.45, 7) is 18.9. The van der Waals surface area contributed by atoms with Crippen LogP contribution in [-0.4, -0.2) is 96.5 Å². The maximum atomic E-state index is 12.6. The Morgan fingerprint density at radius 2 is 1.54 bits per heavy atom. The molecule has 0 saturated carbocycles. The highest BCUT2D eigenvalue weighted by Gasteiger charge is 2.30. The minimum Gasteiger partial charge on any atom is -0.342 e. The number of piperidine rings is 1. The maximum absolute atomic E-state index is 12.6. The van der Waals surface area contributed by atoms with Crippen LogP contribution < -0.4 is 0 Å². The van der Waals surface area contributed by atoms with Crippen LogP contribution in [0.3, 0.4) is 0 Å². The van der Waals surface area contributed by atoms with Gasteiger partial charge in [0.05, 0.1) is 6.04 Å². The molecule has 2 heterocycles. The average molecular weight is 367 g/mol. The van der Waals surface area contributed by atoms with Crippen LogP contribution in [0.15, 0.2) is 0 Å². The first-order chi connectivity index (χ1) is 12.3. The predicted molar refractivity (Wildman–Crippen MR) is 109 cm³/mol. The van der Waals surface area contributed by atoms with Gasteiger partial charge >= 0.3 is 0 Å². The first-order valence-electron chi connectivity index (χ1n) is 10.8. The number of hydrogen-bond donors (Lipinski definition) is 0. The van der Waals surface area contributed by atoms with Crippen LogP contribution >= 0.6 is 0 Å². The summed E-state index contributed by atoms with van der Waals surface area (Å²) in [6, 6.07) is 1.01. The zero-order valence-corrected chi connectivity index (χ0v) is 18.1. The van der Waals surface area contributed by atoms with Gasteiger partial charge < -0.3 is 14.7 Å². The fourth-order valence-corrected chi connectivity index (χ4v) is 4.24. The van der Waals surface area contributed by atoms with Crippen LogP contribution in [0.4, 0.5) is 0 Å². The van der Waals surface area contributed by atoms with E-state index in [9.17, 15) is 4.79 Å². The van der Waals surface area contributed by atoms with Gasteiger partial charge in [0, 0.05) is 51.9 Å². The molecule has 2 aliphatic heterocycles. The molecule has 0 aromatic carbocycles. The molecule has 0 aliphatic carbocycles. The molecule has 5 nitrogen and oxygen atoms in total. The maximum Gasteiger partial charge on any atom is 0.239 e. The van der Waals surface area contributed by atoms with Gasteiger partial charge in [0.1, 0.15) is 0 Å². The molecule has 5 heteroatoms. The smallest absolute Gasteiger partial charge is 0.239 e. The molecule has 0 aromatic rings. The SMILES string of the molecule is CCC(C)N1CCC(CN2CCN([C@@H](C)C(=O)N(C)C(C)C)CC2)CC1. The summed E-state index contributed by atoms with van der Waals surface area (Å²) in [5, 5.41) is 0. The summed E-state index contributed by atoms with van der Waals surface area (Å²) in [4.78, 5) is 22.1. The summed E-state index contributed by atoms with van der Waals surface area (Å²) in [7, 11) is 1.92. The van der Waals surface area contributed by atoms with E-state index in [1.54, 1.807) is 0 Å². The summed E-state index contributed by atoms with van der Waals surface area (Å²) in [5.74, 6) is 1.11. The van der Waals surface area contributed by atoms with Gasteiger partial charge in [-0.05, 0) is 66.0 Å². The molecule has 1 amide bonds. The van der Waals surface area contributed by atoms with Crippen LogP contribution in [0, 0.1) is 5.92 Å². The fraction of sp³-hybridized carbons (Fsp3) is 0.952. The number of carbonyl (C=O) groups is 1. The lowest BCUT2D eigenvalue weighted by molar-refractivity contribution is -0.137. The summed E-state index contributed by atoms with van der Waals surface area (Å²) >= 11 is 0. The highest BCUT2D eigenvalue weighted by atomic mass is 16.2. The number of hydrogen-bond acceptors (Lipinski definition) is 4. The molecule has 0 bridgehead atoms. The number of piperazine rings is 1. The molecule has 1 unspecified atom stereocenters. The summed E-state index contributed by atoms with van der Waals surface area (Å²) < 4.78 is 0. The van der Waals surface area contributed by atoms with E-state index in [-0.39, 0.29) is 18.0 Å². The third-order valence-electron chi connectivity index (χ3n) is 6.81. The van der Waals surface area contributed by atoms with E-state index < -0.39 is 0 Å². The molecule has 2 atom stereocenters. The second-order valence-electron chi connectivity index (χ2n) is 8.79. The van der Waals surface area contributed by atoms with Gasteiger partial charge in [-0.15, -0.1) is 0 Å². The van der Waals surface area contributed by atoms with Crippen molar-refractivity contribution in [3.8, 4) is 0 Å². The third-order valence-corrected chi connectivity index (χ3v) is 6.81. The predicted octanol–water partition coefficient (Wildman–Crippen LogP) is 2.37. The second kappa shape index (κ2) is 10.0. The average Bonchev–Trinajstić information content (AvgIpc) is 2.66. The Hall–Kier alpha value is -0.650. The van der Waals surface area contributed by atoms with E-state index in [0.29, 0.717) is 0 Å². The third kappa shape index (κ3) is 5.67. The van der Waals surface area contributed by atoms with Gasteiger partial charge in [-0.1, -0.05) is 6.92 Å². The van der Waals surface area contributed by atoms with Crippen LogP contribution in [0.25, 0.3) is 0 Å². The molecule has 0 radical (unpaired) electrons. The Bertz CT molecular complexity index is 426. The number of amides is 1. The van der Waals surface area contributed by atoms with Gasteiger partial charge in [-0.25, -0.2) is 0 Å².